The molecule has 2 heterocycles. The first-order valence-electron chi connectivity index (χ1n) is 6.66. The Bertz CT molecular complexity index is 585. The normalized spacial score (nSPS) is 17.9. The van der Waals surface area contributed by atoms with E-state index in [4.69, 9.17) is 4.52 Å². The highest BCUT2D eigenvalue weighted by Gasteiger charge is 2.24. The SMILES string of the molecule is C=CCN1CCC(c2noc3cc(F)ccc23)CC1. The van der Waals surface area contributed by atoms with Crippen LogP contribution in [0.15, 0.2) is 35.4 Å². The van der Waals surface area contributed by atoms with E-state index in [0.29, 0.717) is 11.5 Å². The second-order valence-electron chi connectivity index (χ2n) is 5.07. The molecule has 0 aliphatic carbocycles. The lowest BCUT2D eigenvalue weighted by atomic mass is 9.91. The molecule has 0 amide bonds. The van der Waals surface area contributed by atoms with E-state index in [1.807, 2.05) is 6.08 Å². The van der Waals surface area contributed by atoms with Gasteiger partial charge < -0.3 is 4.52 Å². The van der Waals surface area contributed by atoms with Gasteiger partial charge in [0.15, 0.2) is 5.58 Å². The van der Waals surface area contributed by atoms with Crippen LogP contribution in [0, 0.1) is 5.82 Å². The third-order valence-electron chi connectivity index (χ3n) is 3.82. The summed E-state index contributed by atoms with van der Waals surface area (Å²) in [4.78, 5) is 2.38. The predicted molar refractivity (Wildman–Crippen MR) is 72.6 cm³/mol. The lowest BCUT2D eigenvalue weighted by Gasteiger charge is -2.30. The molecular formula is C15H17FN2O. The zero-order valence-corrected chi connectivity index (χ0v) is 10.8. The van der Waals surface area contributed by atoms with Crippen LogP contribution < -0.4 is 0 Å². The van der Waals surface area contributed by atoms with Crippen molar-refractivity contribution in [1.29, 1.82) is 0 Å². The molecule has 0 N–H and O–H groups in total. The number of hydrogen-bond acceptors (Lipinski definition) is 3. The summed E-state index contributed by atoms with van der Waals surface area (Å²) in [7, 11) is 0. The Morgan fingerprint density at radius 1 is 1.42 bits per heavy atom. The maximum atomic E-state index is 13.1. The summed E-state index contributed by atoms with van der Waals surface area (Å²) in [6.45, 7) is 6.81. The highest BCUT2D eigenvalue weighted by molar-refractivity contribution is 5.79. The van der Waals surface area contributed by atoms with Crippen LogP contribution in [0.4, 0.5) is 4.39 Å². The lowest BCUT2D eigenvalue weighted by Crippen LogP contribution is -2.33. The maximum absolute atomic E-state index is 13.1. The fourth-order valence-corrected chi connectivity index (χ4v) is 2.80. The minimum Gasteiger partial charge on any atom is -0.356 e. The highest BCUT2D eigenvalue weighted by Crippen LogP contribution is 2.32. The van der Waals surface area contributed by atoms with Gasteiger partial charge >= 0.3 is 0 Å². The van der Waals surface area contributed by atoms with Crippen LogP contribution in [0.25, 0.3) is 11.0 Å². The van der Waals surface area contributed by atoms with Gasteiger partial charge in [0.1, 0.15) is 5.82 Å². The van der Waals surface area contributed by atoms with Crippen LogP contribution in [-0.2, 0) is 0 Å². The van der Waals surface area contributed by atoms with E-state index >= 15 is 0 Å². The molecule has 4 heteroatoms. The van der Waals surface area contributed by atoms with Crippen LogP contribution in [0.1, 0.15) is 24.5 Å². The zero-order valence-electron chi connectivity index (χ0n) is 10.8. The van der Waals surface area contributed by atoms with Gasteiger partial charge in [0.05, 0.1) is 5.69 Å². The van der Waals surface area contributed by atoms with Crippen molar-refractivity contribution in [2.45, 2.75) is 18.8 Å². The fraction of sp³-hybridized carbons (Fsp3) is 0.400. The highest BCUT2D eigenvalue weighted by atomic mass is 19.1. The van der Waals surface area contributed by atoms with Gasteiger partial charge in [0, 0.05) is 23.9 Å². The molecule has 2 aromatic rings. The molecule has 1 aromatic heterocycles. The summed E-state index contributed by atoms with van der Waals surface area (Å²) in [6, 6.07) is 4.64. The Hall–Kier alpha value is -1.68. The molecule has 100 valence electrons. The van der Waals surface area contributed by atoms with Gasteiger partial charge in [0.25, 0.3) is 0 Å². The number of aromatic nitrogens is 1. The standard InChI is InChI=1S/C15H17FN2O/c1-2-7-18-8-5-11(6-9-18)15-13-4-3-12(16)10-14(13)19-17-15/h2-4,10-11H,1,5-9H2. The number of likely N-dealkylation sites (tertiary alicyclic amines) is 1. The van der Waals surface area contributed by atoms with E-state index in [9.17, 15) is 4.39 Å². The van der Waals surface area contributed by atoms with Crippen LogP contribution in [0.5, 0.6) is 0 Å². The van der Waals surface area contributed by atoms with E-state index in [2.05, 4.69) is 16.6 Å². The van der Waals surface area contributed by atoms with Crippen molar-refractivity contribution in [3.8, 4) is 0 Å². The number of piperidine rings is 1. The van der Waals surface area contributed by atoms with E-state index < -0.39 is 0 Å². The first kappa shape index (κ1) is 12.4. The monoisotopic (exact) mass is 260 g/mol. The lowest BCUT2D eigenvalue weighted by molar-refractivity contribution is 0.229. The largest absolute Gasteiger partial charge is 0.356 e. The second kappa shape index (κ2) is 5.13. The van der Waals surface area contributed by atoms with Gasteiger partial charge in [-0.3, -0.25) is 4.90 Å². The van der Waals surface area contributed by atoms with Crippen LogP contribution >= 0.6 is 0 Å². The molecule has 0 radical (unpaired) electrons. The van der Waals surface area contributed by atoms with Crippen LogP contribution in [0.3, 0.4) is 0 Å². The molecule has 0 spiro atoms. The molecular weight excluding hydrogens is 243 g/mol. The summed E-state index contributed by atoms with van der Waals surface area (Å²) < 4.78 is 18.4. The second-order valence-corrected chi connectivity index (χ2v) is 5.07. The van der Waals surface area contributed by atoms with E-state index in [1.54, 1.807) is 6.07 Å². The molecule has 1 saturated heterocycles. The number of rotatable bonds is 3. The molecule has 0 bridgehead atoms. The molecule has 0 unspecified atom stereocenters. The average Bonchev–Trinajstić information content (AvgIpc) is 2.83. The Balaban J connectivity index is 1.80. The number of hydrogen-bond donors (Lipinski definition) is 0. The summed E-state index contributed by atoms with van der Waals surface area (Å²) in [5.41, 5.74) is 1.52. The quantitative estimate of drug-likeness (QED) is 0.793. The Kier molecular flexibility index (Phi) is 3.34. The Labute approximate surface area is 111 Å². The predicted octanol–water partition coefficient (Wildman–Crippen LogP) is 3.33. The third-order valence-corrected chi connectivity index (χ3v) is 3.82. The van der Waals surface area contributed by atoms with Crippen LogP contribution in [0.2, 0.25) is 0 Å². The van der Waals surface area contributed by atoms with Crippen molar-refractivity contribution in [2.75, 3.05) is 19.6 Å². The maximum Gasteiger partial charge on any atom is 0.170 e. The minimum absolute atomic E-state index is 0.281. The summed E-state index contributed by atoms with van der Waals surface area (Å²) >= 11 is 0. The Morgan fingerprint density at radius 2 is 2.21 bits per heavy atom. The van der Waals surface area contributed by atoms with E-state index in [-0.39, 0.29) is 5.82 Å². The van der Waals surface area contributed by atoms with Gasteiger partial charge in [-0.05, 0) is 38.1 Å². The van der Waals surface area contributed by atoms with Gasteiger partial charge in [-0.15, -0.1) is 6.58 Å². The van der Waals surface area contributed by atoms with Crippen molar-refractivity contribution < 1.29 is 8.91 Å². The topological polar surface area (TPSA) is 29.3 Å². The number of benzene rings is 1. The number of halogens is 1. The van der Waals surface area contributed by atoms with Crippen molar-refractivity contribution in [3.63, 3.8) is 0 Å². The van der Waals surface area contributed by atoms with E-state index in [0.717, 1.165) is 43.6 Å². The molecule has 0 atom stereocenters. The third kappa shape index (κ3) is 2.40. The molecule has 19 heavy (non-hydrogen) atoms. The smallest absolute Gasteiger partial charge is 0.170 e. The van der Waals surface area contributed by atoms with Gasteiger partial charge in [0.2, 0.25) is 0 Å². The number of nitrogens with zero attached hydrogens (tertiary/aromatic N) is 2. The summed E-state index contributed by atoms with van der Waals surface area (Å²) in [5.74, 6) is 0.128. The average molecular weight is 260 g/mol. The Morgan fingerprint density at radius 3 is 2.95 bits per heavy atom. The van der Waals surface area contributed by atoms with Crippen molar-refractivity contribution >= 4 is 11.0 Å². The van der Waals surface area contributed by atoms with Gasteiger partial charge in [-0.25, -0.2) is 4.39 Å². The molecule has 1 aromatic carbocycles. The van der Waals surface area contributed by atoms with E-state index in [1.165, 1.54) is 12.1 Å². The summed E-state index contributed by atoms with van der Waals surface area (Å²) in [6.07, 6.45) is 4.06. The van der Waals surface area contributed by atoms with Crippen molar-refractivity contribution in [1.82, 2.24) is 10.1 Å². The molecule has 3 nitrogen and oxygen atoms in total. The molecule has 1 fully saturated rings. The minimum atomic E-state index is -0.281. The summed E-state index contributed by atoms with van der Waals surface area (Å²) in [5, 5.41) is 5.10. The number of fused-ring (bicyclic) bond motifs is 1. The van der Waals surface area contributed by atoms with Gasteiger partial charge in [-0.1, -0.05) is 11.2 Å². The van der Waals surface area contributed by atoms with Crippen LogP contribution in [-0.4, -0.2) is 29.7 Å². The molecule has 1 aliphatic heterocycles. The molecule has 3 rings (SSSR count). The first-order chi connectivity index (χ1) is 9.28. The molecule has 0 saturated carbocycles. The molecule has 1 aliphatic rings. The van der Waals surface area contributed by atoms with Crippen molar-refractivity contribution in [3.05, 3.63) is 42.4 Å². The van der Waals surface area contributed by atoms with Gasteiger partial charge in [-0.2, -0.15) is 0 Å². The zero-order chi connectivity index (χ0) is 13.2. The van der Waals surface area contributed by atoms with Crippen molar-refractivity contribution in [2.24, 2.45) is 0 Å². The first-order valence-corrected chi connectivity index (χ1v) is 6.66. The fourth-order valence-electron chi connectivity index (χ4n) is 2.80.